The smallest absolute Gasteiger partial charge is 0.316 e. The molecule has 96 valence electrons. The van der Waals surface area contributed by atoms with E-state index in [9.17, 15) is 14.7 Å². The molecule has 0 atom stereocenters. The van der Waals surface area contributed by atoms with Gasteiger partial charge in [-0.05, 0) is 12.1 Å². The molecule has 0 heterocycles. The molecule has 0 fully saturated rings. The van der Waals surface area contributed by atoms with Gasteiger partial charge >= 0.3 is 11.8 Å². The Balaban J connectivity index is 2.72. The van der Waals surface area contributed by atoms with Crippen LogP contribution in [0.25, 0.3) is 0 Å². The van der Waals surface area contributed by atoms with Crippen molar-refractivity contribution in [1.82, 2.24) is 5.32 Å². The molecule has 1 aromatic rings. The number of carbonyl (C=O) groups excluding carboxylic acids is 2. The number of phenols is 1. The van der Waals surface area contributed by atoms with Crippen LogP contribution in [0.4, 0.5) is 5.69 Å². The number of nitrogens with two attached hydrogens (primary N) is 1. The number of benzene rings is 1. The molecule has 0 aromatic heterocycles. The fraction of sp³-hybridized carbons (Fsp3) is 0.182. The number of likely N-dealkylation sites (N-methyl/N-ethyl adjacent to an activating group) is 1. The zero-order valence-electron chi connectivity index (χ0n) is 9.71. The molecule has 1 aromatic carbocycles. The monoisotopic (exact) mass is 267 g/mol. The zero-order valence-corrected chi connectivity index (χ0v) is 10.5. The van der Waals surface area contributed by atoms with Crippen LogP contribution in [-0.2, 0) is 9.59 Å². The summed E-state index contributed by atoms with van der Waals surface area (Å²) in [5.74, 6) is -1.57. The Bertz CT molecular complexity index is 490. The molecule has 2 amide bonds. The molecule has 0 bridgehead atoms. The summed E-state index contributed by atoms with van der Waals surface area (Å²) < 4.78 is 0. The third-order valence-corrected chi connectivity index (χ3v) is 2.28. The van der Waals surface area contributed by atoms with Crippen LogP contribution in [-0.4, -0.2) is 35.5 Å². The van der Waals surface area contributed by atoms with Crippen molar-refractivity contribution in [1.29, 1.82) is 0 Å². The lowest BCUT2D eigenvalue weighted by atomic mass is 10.2. The second-order valence-electron chi connectivity index (χ2n) is 3.53. The van der Waals surface area contributed by atoms with E-state index in [0.29, 0.717) is 5.69 Å². The van der Waals surface area contributed by atoms with Gasteiger partial charge in [-0.15, -0.1) is 0 Å². The van der Waals surface area contributed by atoms with Gasteiger partial charge in [-0.3, -0.25) is 9.59 Å². The first-order valence-corrected chi connectivity index (χ1v) is 5.46. The van der Waals surface area contributed by atoms with Crippen LogP contribution in [0.1, 0.15) is 0 Å². The van der Waals surface area contributed by atoms with E-state index >= 15 is 0 Å². The van der Waals surface area contributed by atoms with Gasteiger partial charge in [0, 0.05) is 18.8 Å². The summed E-state index contributed by atoms with van der Waals surface area (Å²) in [6.45, 7) is -0.0339. The van der Waals surface area contributed by atoms with Crippen molar-refractivity contribution in [3.05, 3.63) is 24.3 Å². The molecule has 0 aliphatic heterocycles. The molecule has 18 heavy (non-hydrogen) atoms. The Morgan fingerprint density at radius 1 is 1.50 bits per heavy atom. The minimum atomic E-state index is -0.811. The summed E-state index contributed by atoms with van der Waals surface area (Å²) in [6, 6.07) is 6.01. The standard InChI is InChI=1S/C11H13N3O3S/c1-14(7-3-2-4-8(15)5-7)11(17)10(16)13-6-9(12)18/h2-5,15H,6H2,1H3,(H2,12,18)(H,13,16). The third kappa shape index (κ3) is 3.70. The first kappa shape index (κ1) is 13.9. The van der Waals surface area contributed by atoms with Gasteiger partial charge in [-0.25, -0.2) is 0 Å². The van der Waals surface area contributed by atoms with Gasteiger partial charge < -0.3 is 21.1 Å². The largest absolute Gasteiger partial charge is 0.508 e. The number of nitrogens with one attached hydrogen (secondary N) is 1. The van der Waals surface area contributed by atoms with E-state index in [1.807, 2.05) is 0 Å². The summed E-state index contributed by atoms with van der Waals surface area (Å²) in [6.07, 6.45) is 0. The normalized spacial score (nSPS) is 9.61. The maximum Gasteiger partial charge on any atom is 0.316 e. The van der Waals surface area contributed by atoms with Gasteiger partial charge in [-0.1, -0.05) is 18.3 Å². The van der Waals surface area contributed by atoms with Crippen LogP contribution in [0.2, 0.25) is 0 Å². The molecule has 0 saturated carbocycles. The maximum absolute atomic E-state index is 11.7. The summed E-state index contributed by atoms with van der Waals surface area (Å²) in [7, 11) is 1.43. The quantitative estimate of drug-likeness (QED) is 0.519. The Kier molecular flexibility index (Phi) is 4.61. The molecule has 6 nitrogen and oxygen atoms in total. The number of carbonyl (C=O) groups is 2. The highest BCUT2D eigenvalue weighted by Gasteiger charge is 2.19. The average Bonchev–Trinajstić information content (AvgIpc) is 2.34. The molecule has 0 saturated heterocycles. The van der Waals surface area contributed by atoms with E-state index in [2.05, 4.69) is 17.5 Å². The van der Waals surface area contributed by atoms with Crippen molar-refractivity contribution in [2.45, 2.75) is 0 Å². The molecule has 7 heteroatoms. The number of phenolic OH excluding ortho intramolecular Hbond substituents is 1. The SMILES string of the molecule is CN(C(=O)C(=O)NCC(N)=S)c1cccc(O)c1. The number of aromatic hydroxyl groups is 1. The fourth-order valence-electron chi connectivity index (χ4n) is 1.21. The Morgan fingerprint density at radius 2 is 2.17 bits per heavy atom. The number of hydrogen-bond acceptors (Lipinski definition) is 4. The molecule has 0 unspecified atom stereocenters. The lowest BCUT2D eigenvalue weighted by Gasteiger charge is -2.16. The van der Waals surface area contributed by atoms with Gasteiger partial charge in [-0.2, -0.15) is 0 Å². The van der Waals surface area contributed by atoms with Crippen LogP contribution >= 0.6 is 12.2 Å². The highest BCUT2D eigenvalue weighted by Crippen LogP contribution is 2.18. The maximum atomic E-state index is 11.7. The van der Waals surface area contributed by atoms with Crippen LogP contribution in [0, 0.1) is 0 Å². The summed E-state index contributed by atoms with van der Waals surface area (Å²) in [5.41, 5.74) is 5.61. The van der Waals surface area contributed by atoms with Crippen molar-refractivity contribution < 1.29 is 14.7 Å². The minimum absolute atomic E-state index is 0.00990. The molecule has 0 radical (unpaired) electrons. The second kappa shape index (κ2) is 5.97. The Morgan fingerprint density at radius 3 is 2.72 bits per heavy atom. The number of anilines is 1. The number of rotatable bonds is 3. The van der Waals surface area contributed by atoms with Crippen molar-refractivity contribution in [2.75, 3.05) is 18.5 Å². The van der Waals surface area contributed by atoms with Gasteiger partial charge in [0.15, 0.2) is 0 Å². The molecule has 0 aliphatic rings. The van der Waals surface area contributed by atoms with E-state index in [-0.39, 0.29) is 17.3 Å². The number of amides is 2. The van der Waals surface area contributed by atoms with E-state index in [0.717, 1.165) is 4.90 Å². The van der Waals surface area contributed by atoms with Crippen LogP contribution in [0.5, 0.6) is 5.75 Å². The van der Waals surface area contributed by atoms with Gasteiger partial charge in [0.05, 0.1) is 11.5 Å². The van der Waals surface area contributed by atoms with Gasteiger partial charge in [0.2, 0.25) is 0 Å². The second-order valence-corrected chi connectivity index (χ2v) is 4.06. The predicted octanol–water partition coefficient (Wildman–Crippen LogP) is -0.243. The van der Waals surface area contributed by atoms with Crippen LogP contribution in [0.15, 0.2) is 24.3 Å². The van der Waals surface area contributed by atoms with Gasteiger partial charge in [0.1, 0.15) is 5.75 Å². The topological polar surface area (TPSA) is 95.7 Å². The molecule has 0 spiro atoms. The lowest BCUT2D eigenvalue weighted by Crippen LogP contribution is -2.43. The number of thiocarbonyl (C=S) groups is 1. The molecular weight excluding hydrogens is 254 g/mol. The Labute approximate surface area is 109 Å². The molecule has 4 N–H and O–H groups in total. The fourth-order valence-corrected chi connectivity index (χ4v) is 1.29. The Hall–Kier alpha value is -2.15. The number of nitrogens with zero attached hydrogens (tertiary/aromatic N) is 1. The predicted molar refractivity (Wildman–Crippen MR) is 71.3 cm³/mol. The summed E-state index contributed by atoms with van der Waals surface area (Å²) in [5, 5.41) is 11.6. The first-order valence-electron chi connectivity index (χ1n) is 5.05. The highest BCUT2D eigenvalue weighted by atomic mass is 32.1. The van der Waals surface area contributed by atoms with E-state index in [1.165, 1.54) is 19.2 Å². The van der Waals surface area contributed by atoms with Gasteiger partial charge in [0.25, 0.3) is 0 Å². The van der Waals surface area contributed by atoms with Crippen LogP contribution < -0.4 is 16.0 Å². The van der Waals surface area contributed by atoms with E-state index in [1.54, 1.807) is 12.1 Å². The molecule has 1 rings (SSSR count). The van der Waals surface area contributed by atoms with E-state index in [4.69, 9.17) is 5.73 Å². The van der Waals surface area contributed by atoms with Crippen molar-refractivity contribution in [3.8, 4) is 5.75 Å². The minimum Gasteiger partial charge on any atom is -0.508 e. The van der Waals surface area contributed by atoms with E-state index < -0.39 is 11.8 Å². The first-order chi connectivity index (χ1) is 8.41. The lowest BCUT2D eigenvalue weighted by molar-refractivity contribution is -0.137. The summed E-state index contributed by atoms with van der Waals surface area (Å²) >= 11 is 4.58. The van der Waals surface area contributed by atoms with Crippen molar-refractivity contribution in [2.24, 2.45) is 5.73 Å². The molecule has 0 aliphatic carbocycles. The zero-order chi connectivity index (χ0) is 13.7. The molecular formula is C11H13N3O3S. The van der Waals surface area contributed by atoms with Crippen molar-refractivity contribution in [3.63, 3.8) is 0 Å². The van der Waals surface area contributed by atoms with Crippen molar-refractivity contribution >= 4 is 34.7 Å². The summed E-state index contributed by atoms with van der Waals surface area (Å²) in [4.78, 5) is 24.4. The number of hydrogen-bond donors (Lipinski definition) is 3. The van der Waals surface area contributed by atoms with Crippen LogP contribution in [0.3, 0.4) is 0 Å². The third-order valence-electron chi connectivity index (χ3n) is 2.14. The average molecular weight is 267 g/mol. The highest BCUT2D eigenvalue weighted by molar-refractivity contribution is 7.80.